The summed E-state index contributed by atoms with van der Waals surface area (Å²) >= 11 is 1.29. The van der Waals surface area contributed by atoms with Crippen LogP contribution in [0.4, 0.5) is 4.39 Å². The third-order valence-corrected chi connectivity index (χ3v) is 4.91. The van der Waals surface area contributed by atoms with Crippen LogP contribution in [-0.2, 0) is 0 Å². The number of benzene rings is 2. The summed E-state index contributed by atoms with van der Waals surface area (Å²) in [6.07, 6.45) is 1.71. The van der Waals surface area contributed by atoms with Crippen molar-refractivity contribution >= 4 is 17.5 Å². The Kier molecular flexibility index (Phi) is 4.84. The molecule has 0 radical (unpaired) electrons. The zero-order chi connectivity index (χ0) is 18.6. The number of carbonyl (C=O) groups is 1. The number of aromatic amines is 1. The van der Waals surface area contributed by atoms with Crippen LogP contribution in [0, 0.1) is 5.82 Å². The number of nitrogens with one attached hydrogen (secondary N) is 1. The topological polar surface area (TPSA) is 63.6 Å². The van der Waals surface area contributed by atoms with Crippen LogP contribution in [0.1, 0.15) is 10.5 Å². The summed E-state index contributed by atoms with van der Waals surface area (Å²) < 4.78 is 15.2. The molecule has 7 heteroatoms. The van der Waals surface area contributed by atoms with Gasteiger partial charge in [0.05, 0.1) is 11.4 Å². The third kappa shape index (κ3) is 3.68. The van der Waals surface area contributed by atoms with E-state index in [1.54, 1.807) is 30.5 Å². The first kappa shape index (κ1) is 17.2. The van der Waals surface area contributed by atoms with Crippen LogP contribution in [0.5, 0.6) is 0 Å². The van der Waals surface area contributed by atoms with Crippen molar-refractivity contribution in [2.45, 2.75) is 5.16 Å². The van der Waals surface area contributed by atoms with Crippen LogP contribution >= 0.6 is 11.8 Å². The Morgan fingerprint density at radius 2 is 1.78 bits per heavy atom. The molecule has 0 fully saturated rings. The Hall–Kier alpha value is -3.19. The molecule has 0 saturated heterocycles. The van der Waals surface area contributed by atoms with E-state index < -0.39 is 0 Å². The summed E-state index contributed by atoms with van der Waals surface area (Å²) in [4.78, 5) is 15.2. The van der Waals surface area contributed by atoms with Crippen LogP contribution in [0.25, 0.3) is 17.1 Å². The van der Waals surface area contributed by atoms with E-state index in [1.165, 1.54) is 23.9 Å². The number of ketones is 1. The fourth-order valence-corrected chi connectivity index (χ4v) is 3.51. The molecule has 5 nitrogen and oxygen atoms in total. The maximum Gasteiger partial charge on any atom is 0.196 e. The SMILES string of the molecule is O=C(CSc1nnc(-c2ccccc2)n1-c1ccc(F)cc1)c1ccc[nH]1. The molecule has 134 valence electrons. The molecule has 2 aromatic carbocycles. The highest BCUT2D eigenvalue weighted by Crippen LogP contribution is 2.28. The lowest BCUT2D eigenvalue weighted by Crippen LogP contribution is -2.05. The molecule has 27 heavy (non-hydrogen) atoms. The monoisotopic (exact) mass is 378 g/mol. The van der Waals surface area contributed by atoms with Crippen molar-refractivity contribution in [1.29, 1.82) is 0 Å². The van der Waals surface area contributed by atoms with Gasteiger partial charge in [-0.1, -0.05) is 42.1 Å². The maximum absolute atomic E-state index is 13.4. The Balaban J connectivity index is 1.70. The first-order valence-corrected chi connectivity index (χ1v) is 9.27. The van der Waals surface area contributed by atoms with Gasteiger partial charge in [-0.2, -0.15) is 0 Å². The summed E-state index contributed by atoms with van der Waals surface area (Å²) in [7, 11) is 0. The molecular weight excluding hydrogens is 363 g/mol. The number of hydrogen-bond donors (Lipinski definition) is 1. The quantitative estimate of drug-likeness (QED) is 0.400. The lowest BCUT2D eigenvalue weighted by molar-refractivity contribution is 0.101. The highest BCUT2D eigenvalue weighted by Gasteiger charge is 2.18. The third-order valence-electron chi connectivity index (χ3n) is 3.98. The fraction of sp³-hybridized carbons (Fsp3) is 0.0500. The van der Waals surface area contributed by atoms with Crippen molar-refractivity contribution < 1.29 is 9.18 Å². The average molecular weight is 378 g/mol. The fourth-order valence-electron chi connectivity index (χ4n) is 2.67. The predicted molar refractivity (Wildman–Crippen MR) is 103 cm³/mol. The standard InChI is InChI=1S/C20H15FN4OS/c21-15-8-10-16(11-9-15)25-19(14-5-2-1-3-6-14)23-24-20(25)27-13-18(26)17-7-4-12-22-17/h1-12,22H,13H2. The average Bonchev–Trinajstić information content (AvgIpc) is 3.38. The normalized spacial score (nSPS) is 10.9. The van der Waals surface area contributed by atoms with Crippen LogP contribution in [0.2, 0.25) is 0 Å². The van der Waals surface area contributed by atoms with Crippen LogP contribution in [0.3, 0.4) is 0 Å². The molecule has 0 saturated carbocycles. The van der Waals surface area contributed by atoms with E-state index >= 15 is 0 Å². The van der Waals surface area contributed by atoms with Gasteiger partial charge in [-0.15, -0.1) is 10.2 Å². The molecule has 2 aromatic heterocycles. The van der Waals surface area contributed by atoms with E-state index in [2.05, 4.69) is 15.2 Å². The molecule has 0 unspecified atom stereocenters. The Labute approximate surface area is 159 Å². The molecule has 0 spiro atoms. The molecule has 4 rings (SSSR count). The molecule has 4 aromatic rings. The van der Waals surface area contributed by atoms with Gasteiger partial charge in [0, 0.05) is 17.4 Å². The largest absolute Gasteiger partial charge is 0.359 e. The first-order chi connectivity index (χ1) is 13.2. The van der Waals surface area contributed by atoms with Gasteiger partial charge >= 0.3 is 0 Å². The van der Waals surface area contributed by atoms with E-state index in [4.69, 9.17) is 0 Å². The van der Waals surface area contributed by atoms with Crippen molar-refractivity contribution in [2.24, 2.45) is 0 Å². The number of thioether (sulfide) groups is 1. The van der Waals surface area contributed by atoms with Gasteiger partial charge in [-0.05, 0) is 36.4 Å². The molecule has 2 heterocycles. The number of nitrogens with zero attached hydrogens (tertiary/aromatic N) is 3. The summed E-state index contributed by atoms with van der Waals surface area (Å²) in [5.41, 5.74) is 2.17. The summed E-state index contributed by atoms with van der Waals surface area (Å²) in [6, 6.07) is 19.3. The van der Waals surface area contributed by atoms with Crippen LogP contribution in [-0.4, -0.2) is 31.3 Å². The maximum atomic E-state index is 13.4. The van der Waals surface area contributed by atoms with Gasteiger partial charge in [0.1, 0.15) is 5.82 Å². The first-order valence-electron chi connectivity index (χ1n) is 8.28. The predicted octanol–water partition coefficient (Wildman–Crippen LogP) is 4.38. The Morgan fingerprint density at radius 1 is 1.00 bits per heavy atom. The van der Waals surface area contributed by atoms with Crippen molar-refractivity contribution in [2.75, 3.05) is 5.75 Å². The number of hydrogen-bond acceptors (Lipinski definition) is 4. The second-order valence-corrected chi connectivity index (χ2v) is 6.72. The van der Waals surface area contributed by atoms with Gasteiger partial charge in [0.25, 0.3) is 0 Å². The summed E-state index contributed by atoms with van der Waals surface area (Å²) in [6.45, 7) is 0. The summed E-state index contributed by atoms with van der Waals surface area (Å²) in [5, 5.41) is 9.14. The second kappa shape index (κ2) is 7.59. The second-order valence-electron chi connectivity index (χ2n) is 5.78. The molecule has 0 amide bonds. The van der Waals surface area contributed by atoms with Crippen molar-refractivity contribution in [3.63, 3.8) is 0 Å². The highest BCUT2D eigenvalue weighted by molar-refractivity contribution is 7.99. The van der Waals surface area contributed by atoms with Gasteiger partial charge in [0.2, 0.25) is 0 Å². The molecule has 0 aliphatic rings. The molecule has 0 bridgehead atoms. The van der Waals surface area contributed by atoms with E-state index in [1.807, 2.05) is 34.9 Å². The minimum absolute atomic E-state index is 0.0279. The Bertz CT molecular complexity index is 1040. The molecule has 0 aliphatic carbocycles. The van der Waals surface area contributed by atoms with Crippen LogP contribution < -0.4 is 0 Å². The smallest absolute Gasteiger partial charge is 0.196 e. The van der Waals surface area contributed by atoms with E-state index in [9.17, 15) is 9.18 Å². The van der Waals surface area contributed by atoms with Gasteiger partial charge in [-0.3, -0.25) is 9.36 Å². The van der Waals surface area contributed by atoms with Crippen molar-refractivity contribution in [3.8, 4) is 17.1 Å². The molecule has 0 aliphatic heterocycles. The van der Waals surface area contributed by atoms with E-state index in [-0.39, 0.29) is 17.4 Å². The van der Waals surface area contributed by atoms with Gasteiger partial charge in [0.15, 0.2) is 16.8 Å². The number of aromatic nitrogens is 4. The van der Waals surface area contributed by atoms with Gasteiger partial charge in [-0.25, -0.2) is 4.39 Å². The molecular formula is C20H15FN4OS. The highest BCUT2D eigenvalue weighted by atomic mass is 32.2. The zero-order valence-corrected chi connectivity index (χ0v) is 15.0. The lowest BCUT2D eigenvalue weighted by Gasteiger charge is -2.10. The Morgan fingerprint density at radius 3 is 2.48 bits per heavy atom. The van der Waals surface area contributed by atoms with Crippen molar-refractivity contribution in [1.82, 2.24) is 19.7 Å². The zero-order valence-electron chi connectivity index (χ0n) is 14.2. The van der Waals surface area contributed by atoms with Crippen LogP contribution in [0.15, 0.2) is 78.1 Å². The molecule has 0 atom stereocenters. The van der Waals surface area contributed by atoms with E-state index in [0.717, 1.165) is 11.3 Å². The lowest BCUT2D eigenvalue weighted by atomic mass is 10.2. The number of H-pyrrole nitrogens is 1. The summed E-state index contributed by atoms with van der Waals surface area (Å²) in [5.74, 6) is 0.510. The molecule has 1 N–H and O–H groups in total. The van der Waals surface area contributed by atoms with Gasteiger partial charge < -0.3 is 4.98 Å². The number of Topliss-reactive ketones (excluding diaryl/α,β-unsaturated/α-hetero) is 1. The minimum Gasteiger partial charge on any atom is -0.359 e. The number of rotatable bonds is 6. The number of carbonyl (C=O) groups excluding carboxylic acids is 1. The number of halogens is 1. The minimum atomic E-state index is -0.316. The van der Waals surface area contributed by atoms with E-state index in [0.29, 0.717) is 16.7 Å². The van der Waals surface area contributed by atoms with Crippen molar-refractivity contribution in [3.05, 3.63) is 84.4 Å².